The number of aliphatic carboxylic acids is 1. The first-order chi connectivity index (χ1) is 6.82. The predicted octanol–water partition coefficient (Wildman–Crippen LogP) is -0.963. The highest BCUT2D eigenvalue weighted by Crippen LogP contribution is 2.09. The molecule has 0 aromatic heterocycles. The van der Waals surface area contributed by atoms with Crippen molar-refractivity contribution in [3.8, 4) is 0 Å². The van der Waals surface area contributed by atoms with Gasteiger partial charge < -0.3 is 5.11 Å². The third kappa shape index (κ3) is 3.15. The van der Waals surface area contributed by atoms with Crippen LogP contribution in [-0.2, 0) is 14.8 Å². The topological polar surface area (TPSA) is 77.9 Å². The van der Waals surface area contributed by atoms with Gasteiger partial charge >= 0.3 is 5.97 Å². The van der Waals surface area contributed by atoms with E-state index in [1.54, 1.807) is 11.8 Å². The van der Waals surface area contributed by atoms with Gasteiger partial charge in [0.1, 0.15) is 6.04 Å². The van der Waals surface area contributed by atoms with Gasteiger partial charge in [0.05, 0.1) is 6.26 Å². The van der Waals surface area contributed by atoms with Gasteiger partial charge in [-0.25, -0.2) is 8.42 Å². The van der Waals surface area contributed by atoms with E-state index in [0.29, 0.717) is 26.2 Å². The Bertz CT molecular complexity index is 333. The number of rotatable bonds is 3. The van der Waals surface area contributed by atoms with Gasteiger partial charge in [0.15, 0.2) is 0 Å². The van der Waals surface area contributed by atoms with Crippen LogP contribution in [0.5, 0.6) is 0 Å². The Balaban J connectivity index is 2.53. The molecule has 7 heteroatoms. The molecule has 0 aromatic carbocycles. The molecule has 0 unspecified atom stereocenters. The smallest absolute Gasteiger partial charge is 0.320 e. The van der Waals surface area contributed by atoms with E-state index in [1.165, 1.54) is 10.6 Å². The Hall–Kier alpha value is -0.660. The quantitative estimate of drug-likeness (QED) is 0.682. The van der Waals surface area contributed by atoms with Crippen LogP contribution in [0.3, 0.4) is 0 Å². The van der Waals surface area contributed by atoms with Crippen molar-refractivity contribution < 1.29 is 18.3 Å². The maximum Gasteiger partial charge on any atom is 0.320 e. The summed E-state index contributed by atoms with van der Waals surface area (Å²) in [5.74, 6) is -0.872. The van der Waals surface area contributed by atoms with E-state index < -0.39 is 22.0 Å². The van der Waals surface area contributed by atoms with Crippen molar-refractivity contribution in [3.63, 3.8) is 0 Å². The monoisotopic (exact) mass is 236 g/mol. The summed E-state index contributed by atoms with van der Waals surface area (Å²) >= 11 is 0. The van der Waals surface area contributed by atoms with E-state index in [2.05, 4.69) is 0 Å². The number of hydrogen-bond acceptors (Lipinski definition) is 4. The molecule has 0 aromatic rings. The zero-order valence-electron chi connectivity index (χ0n) is 8.88. The van der Waals surface area contributed by atoms with Gasteiger partial charge in [0.25, 0.3) is 0 Å². The maximum absolute atomic E-state index is 11.2. The summed E-state index contributed by atoms with van der Waals surface area (Å²) in [5, 5.41) is 8.79. The predicted molar refractivity (Wildman–Crippen MR) is 55.1 cm³/mol. The van der Waals surface area contributed by atoms with Crippen LogP contribution in [0.15, 0.2) is 0 Å². The molecule has 1 fully saturated rings. The number of carboxylic acid groups (broad SMARTS) is 1. The third-order valence-electron chi connectivity index (χ3n) is 2.65. The lowest BCUT2D eigenvalue weighted by atomic mass is 10.2. The first-order valence-electron chi connectivity index (χ1n) is 4.74. The van der Waals surface area contributed by atoms with E-state index in [4.69, 9.17) is 5.11 Å². The Labute approximate surface area is 89.5 Å². The molecule has 0 aliphatic carbocycles. The second-order valence-electron chi connectivity index (χ2n) is 3.71. The Kier molecular flexibility index (Phi) is 3.69. The molecule has 15 heavy (non-hydrogen) atoms. The molecule has 1 aliphatic rings. The number of piperazine rings is 1. The zero-order valence-corrected chi connectivity index (χ0v) is 9.70. The molecule has 1 saturated heterocycles. The fraction of sp³-hybridized carbons (Fsp3) is 0.875. The molecule has 1 aliphatic heterocycles. The average Bonchev–Trinajstić information content (AvgIpc) is 2.15. The Morgan fingerprint density at radius 1 is 1.27 bits per heavy atom. The maximum atomic E-state index is 11.2. The van der Waals surface area contributed by atoms with Crippen molar-refractivity contribution in [2.75, 3.05) is 32.4 Å². The number of sulfonamides is 1. The number of hydrogen-bond donors (Lipinski definition) is 1. The first kappa shape index (κ1) is 12.4. The third-order valence-corrected chi connectivity index (χ3v) is 3.95. The molecular weight excluding hydrogens is 220 g/mol. The summed E-state index contributed by atoms with van der Waals surface area (Å²) in [4.78, 5) is 12.5. The summed E-state index contributed by atoms with van der Waals surface area (Å²) in [7, 11) is -3.14. The van der Waals surface area contributed by atoms with Crippen LogP contribution in [0, 0.1) is 0 Å². The van der Waals surface area contributed by atoms with E-state index >= 15 is 0 Å². The molecule has 1 heterocycles. The minimum Gasteiger partial charge on any atom is -0.480 e. The molecule has 88 valence electrons. The summed E-state index contributed by atoms with van der Waals surface area (Å²) in [6.07, 6.45) is 1.17. The molecule has 0 radical (unpaired) electrons. The van der Waals surface area contributed by atoms with E-state index in [1.807, 2.05) is 0 Å². The highest BCUT2D eigenvalue weighted by Gasteiger charge is 2.28. The molecule has 0 amide bonds. The Morgan fingerprint density at radius 2 is 1.73 bits per heavy atom. The van der Waals surface area contributed by atoms with Crippen molar-refractivity contribution >= 4 is 16.0 Å². The van der Waals surface area contributed by atoms with Crippen molar-refractivity contribution in [1.29, 1.82) is 0 Å². The van der Waals surface area contributed by atoms with Crippen LogP contribution in [-0.4, -0.2) is 67.2 Å². The van der Waals surface area contributed by atoms with Crippen LogP contribution in [0.1, 0.15) is 6.92 Å². The Morgan fingerprint density at radius 3 is 2.07 bits per heavy atom. The largest absolute Gasteiger partial charge is 0.480 e. The van der Waals surface area contributed by atoms with Crippen LogP contribution in [0.4, 0.5) is 0 Å². The first-order valence-corrected chi connectivity index (χ1v) is 6.59. The average molecular weight is 236 g/mol. The van der Waals surface area contributed by atoms with E-state index in [0.717, 1.165) is 0 Å². The molecule has 1 atom stereocenters. The van der Waals surface area contributed by atoms with Crippen molar-refractivity contribution in [2.45, 2.75) is 13.0 Å². The fourth-order valence-corrected chi connectivity index (χ4v) is 2.41. The van der Waals surface area contributed by atoms with Gasteiger partial charge in [-0.2, -0.15) is 4.31 Å². The minimum atomic E-state index is -3.14. The lowest BCUT2D eigenvalue weighted by Crippen LogP contribution is -2.52. The second-order valence-corrected chi connectivity index (χ2v) is 5.69. The van der Waals surface area contributed by atoms with E-state index in [9.17, 15) is 13.2 Å². The van der Waals surface area contributed by atoms with Gasteiger partial charge in [0, 0.05) is 26.2 Å². The summed E-state index contributed by atoms with van der Waals surface area (Å²) in [6, 6.07) is -0.549. The van der Waals surface area contributed by atoms with Crippen LogP contribution >= 0.6 is 0 Å². The van der Waals surface area contributed by atoms with Gasteiger partial charge in [0.2, 0.25) is 10.0 Å². The zero-order chi connectivity index (χ0) is 11.6. The highest BCUT2D eigenvalue weighted by molar-refractivity contribution is 7.88. The van der Waals surface area contributed by atoms with Gasteiger partial charge in [-0.05, 0) is 6.92 Å². The molecule has 0 bridgehead atoms. The highest BCUT2D eigenvalue weighted by atomic mass is 32.2. The summed E-state index contributed by atoms with van der Waals surface area (Å²) < 4.78 is 23.7. The number of carbonyl (C=O) groups is 1. The molecular formula is C8H16N2O4S. The lowest BCUT2D eigenvalue weighted by Gasteiger charge is -2.35. The van der Waals surface area contributed by atoms with Gasteiger partial charge in [-0.15, -0.1) is 0 Å². The van der Waals surface area contributed by atoms with Crippen molar-refractivity contribution in [3.05, 3.63) is 0 Å². The second kappa shape index (κ2) is 4.46. The van der Waals surface area contributed by atoms with Crippen molar-refractivity contribution in [1.82, 2.24) is 9.21 Å². The number of nitrogens with zero attached hydrogens (tertiary/aromatic N) is 2. The van der Waals surface area contributed by atoms with Crippen LogP contribution < -0.4 is 0 Å². The normalized spacial score (nSPS) is 22.5. The van der Waals surface area contributed by atoms with Gasteiger partial charge in [-0.3, -0.25) is 9.69 Å². The minimum absolute atomic E-state index is 0.371. The van der Waals surface area contributed by atoms with Crippen molar-refractivity contribution in [2.24, 2.45) is 0 Å². The summed E-state index contributed by atoms with van der Waals surface area (Å²) in [6.45, 7) is 3.30. The van der Waals surface area contributed by atoms with Crippen LogP contribution in [0.25, 0.3) is 0 Å². The molecule has 6 nitrogen and oxygen atoms in total. The molecule has 1 N–H and O–H groups in total. The summed E-state index contributed by atoms with van der Waals surface area (Å²) in [5.41, 5.74) is 0. The standard InChI is InChI=1S/C8H16N2O4S/c1-7(8(11)12)9-3-5-10(6-4-9)15(2,13)14/h7H,3-6H2,1-2H3,(H,11,12)/t7-/m0/s1. The number of carboxylic acids is 1. The van der Waals surface area contributed by atoms with Gasteiger partial charge in [-0.1, -0.05) is 0 Å². The fourth-order valence-electron chi connectivity index (χ4n) is 1.58. The molecule has 0 spiro atoms. The lowest BCUT2D eigenvalue weighted by molar-refractivity contribution is -0.143. The van der Waals surface area contributed by atoms with Crippen LogP contribution in [0.2, 0.25) is 0 Å². The SMILES string of the molecule is C[C@@H](C(=O)O)N1CCN(S(C)(=O)=O)CC1. The molecule has 1 rings (SSSR count). The van der Waals surface area contributed by atoms with E-state index in [-0.39, 0.29) is 0 Å². The molecule has 0 saturated carbocycles.